The number of hydrogen-bond acceptors (Lipinski definition) is 5. The average molecular weight is 374 g/mol. The van der Waals surface area contributed by atoms with Crippen molar-refractivity contribution in [2.75, 3.05) is 10.6 Å². The lowest BCUT2D eigenvalue weighted by atomic mass is 9.96. The Balaban J connectivity index is 1.66. The Morgan fingerprint density at radius 3 is 2.36 bits per heavy atom. The molecule has 5 heteroatoms. The van der Waals surface area contributed by atoms with E-state index in [1.165, 1.54) is 43.2 Å². The van der Waals surface area contributed by atoms with E-state index in [0.29, 0.717) is 12.0 Å². The lowest BCUT2D eigenvalue weighted by molar-refractivity contribution is 0.461. The van der Waals surface area contributed by atoms with Crippen LogP contribution in [0.3, 0.4) is 0 Å². The van der Waals surface area contributed by atoms with E-state index in [-0.39, 0.29) is 0 Å². The van der Waals surface area contributed by atoms with Crippen LogP contribution in [-0.2, 0) is 0 Å². The highest BCUT2D eigenvalue weighted by Crippen LogP contribution is 2.26. The van der Waals surface area contributed by atoms with Gasteiger partial charge in [0.1, 0.15) is 5.82 Å². The van der Waals surface area contributed by atoms with E-state index in [1.807, 2.05) is 24.3 Å². The third-order valence-corrected chi connectivity index (χ3v) is 5.09. The third-order valence-electron chi connectivity index (χ3n) is 5.09. The first-order valence-electron chi connectivity index (χ1n) is 10.1. The number of aryl methyl sites for hydroxylation is 2. The van der Waals surface area contributed by atoms with E-state index in [9.17, 15) is 0 Å². The Bertz CT molecular complexity index is 913. The Hall–Kier alpha value is -2.95. The third kappa shape index (κ3) is 4.66. The van der Waals surface area contributed by atoms with Gasteiger partial charge in [0.25, 0.3) is 0 Å². The number of anilines is 3. The van der Waals surface area contributed by atoms with Crippen LogP contribution < -0.4 is 10.6 Å². The summed E-state index contributed by atoms with van der Waals surface area (Å²) in [5, 5.41) is 7.00. The molecule has 0 saturated heterocycles. The standard InChI is InChI=1S/C23H27N5/c1-16-12-17(2)14-19(13-16)25-22-15-21(20-10-6-7-11-24-20)27-23(28-22)26-18-8-4-3-5-9-18/h6-7,10-15,18H,3-5,8-9H2,1-2H3,(H2,25,26,27,28). The van der Waals surface area contributed by atoms with E-state index >= 15 is 0 Å². The predicted octanol–water partition coefficient (Wildman–Crippen LogP) is 5.64. The molecule has 1 aliphatic carbocycles. The molecule has 2 aromatic heterocycles. The highest BCUT2D eigenvalue weighted by Gasteiger charge is 2.16. The van der Waals surface area contributed by atoms with E-state index in [0.717, 1.165) is 22.9 Å². The molecular weight excluding hydrogens is 346 g/mol. The minimum Gasteiger partial charge on any atom is -0.351 e. The fourth-order valence-corrected chi connectivity index (χ4v) is 3.85. The van der Waals surface area contributed by atoms with Gasteiger partial charge in [-0.2, -0.15) is 4.98 Å². The molecule has 0 aliphatic heterocycles. The smallest absolute Gasteiger partial charge is 0.225 e. The maximum Gasteiger partial charge on any atom is 0.225 e. The van der Waals surface area contributed by atoms with Gasteiger partial charge in [-0.3, -0.25) is 4.98 Å². The van der Waals surface area contributed by atoms with Gasteiger partial charge in [0.05, 0.1) is 11.4 Å². The number of aromatic nitrogens is 3. The highest BCUT2D eigenvalue weighted by atomic mass is 15.2. The van der Waals surface area contributed by atoms with Crippen molar-refractivity contribution in [2.45, 2.75) is 52.0 Å². The fourth-order valence-electron chi connectivity index (χ4n) is 3.85. The van der Waals surface area contributed by atoms with Gasteiger partial charge in [-0.05, 0) is 62.1 Å². The largest absolute Gasteiger partial charge is 0.351 e. The molecule has 2 N–H and O–H groups in total. The van der Waals surface area contributed by atoms with Gasteiger partial charge in [-0.15, -0.1) is 0 Å². The molecule has 1 aromatic carbocycles. The number of nitrogens with zero attached hydrogens (tertiary/aromatic N) is 3. The van der Waals surface area contributed by atoms with Crippen molar-refractivity contribution >= 4 is 17.5 Å². The van der Waals surface area contributed by atoms with Crippen molar-refractivity contribution in [3.63, 3.8) is 0 Å². The molecule has 0 bridgehead atoms. The summed E-state index contributed by atoms with van der Waals surface area (Å²) in [4.78, 5) is 14.0. The molecule has 0 radical (unpaired) electrons. The normalized spacial score (nSPS) is 14.6. The van der Waals surface area contributed by atoms with Crippen molar-refractivity contribution in [2.24, 2.45) is 0 Å². The second kappa shape index (κ2) is 8.38. The molecule has 3 aromatic rings. The minimum absolute atomic E-state index is 0.446. The van der Waals surface area contributed by atoms with Crippen LogP contribution in [0.2, 0.25) is 0 Å². The number of rotatable bonds is 5. The molecule has 4 rings (SSSR count). The number of benzene rings is 1. The lowest BCUT2D eigenvalue weighted by Crippen LogP contribution is -2.23. The van der Waals surface area contributed by atoms with Crippen LogP contribution in [0.15, 0.2) is 48.7 Å². The molecule has 0 amide bonds. The quantitative estimate of drug-likeness (QED) is 0.605. The monoisotopic (exact) mass is 373 g/mol. The van der Waals surface area contributed by atoms with E-state index in [1.54, 1.807) is 6.20 Å². The Morgan fingerprint density at radius 1 is 0.857 bits per heavy atom. The van der Waals surface area contributed by atoms with Gasteiger partial charge in [-0.1, -0.05) is 31.4 Å². The molecule has 144 valence electrons. The zero-order valence-corrected chi connectivity index (χ0v) is 16.6. The number of nitrogens with one attached hydrogen (secondary N) is 2. The lowest BCUT2D eigenvalue weighted by Gasteiger charge is -2.23. The Morgan fingerprint density at radius 2 is 1.64 bits per heavy atom. The summed E-state index contributed by atoms with van der Waals surface area (Å²) in [6.45, 7) is 4.21. The summed E-state index contributed by atoms with van der Waals surface area (Å²) in [5.74, 6) is 1.45. The Labute approximate surface area is 166 Å². The molecule has 28 heavy (non-hydrogen) atoms. The molecule has 0 atom stereocenters. The van der Waals surface area contributed by atoms with Gasteiger partial charge in [0, 0.05) is 24.0 Å². The number of pyridine rings is 1. The fraction of sp³-hybridized carbons (Fsp3) is 0.348. The van der Waals surface area contributed by atoms with Gasteiger partial charge < -0.3 is 10.6 Å². The maximum atomic E-state index is 4.75. The summed E-state index contributed by atoms with van der Waals surface area (Å²) in [6, 6.07) is 14.7. The summed E-state index contributed by atoms with van der Waals surface area (Å²) >= 11 is 0. The molecule has 5 nitrogen and oxygen atoms in total. The van der Waals surface area contributed by atoms with Gasteiger partial charge in [0.15, 0.2) is 0 Å². The van der Waals surface area contributed by atoms with Gasteiger partial charge >= 0.3 is 0 Å². The van der Waals surface area contributed by atoms with Crippen molar-refractivity contribution in [1.29, 1.82) is 0 Å². The Kier molecular flexibility index (Phi) is 5.51. The van der Waals surface area contributed by atoms with Gasteiger partial charge in [0.2, 0.25) is 5.95 Å². The summed E-state index contributed by atoms with van der Waals surface area (Å²) in [7, 11) is 0. The van der Waals surface area contributed by atoms with Crippen molar-refractivity contribution in [1.82, 2.24) is 15.0 Å². The zero-order chi connectivity index (χ0) is 19.3. The molecule has 1 saturated carbocycles. The summed E-state index contributed by atoms with van der Waals surface area (Å²) in [5.41, 5.74) is 5.15. The van der Waals surface area contributed by atoms with Crippen LogP contribution in [0.4, 0.5) is 17.5 Å². The summed E-state index contributed by atoms with van der Waals surface area (Å²) < 4.78 is 0. The number of hydrogen-bond donors (Lipinski definition) is 2. The molecule has 1 fully saturated rings. The van der Waals surface area contributed by atoms with E-state index in [2.05, 4.69) is 47.7 Å². The van der Waals surface area contributed by atoms with Crippen LogP contribution in [0.5, 0.6) is 0 Å². The van der Waals surface area contributed by atoms with Crippen LogP contribution >= 0.6 is 0 Å². The molecule has 0 spiro atoms. The molecule has 2 heterocycles. The van der Waals surface area contributed by atoms with Crippen LogP contribution in [0, 0.1) is 13.8 Å². The van der Waals surface area contributed by atoms with Crippen molar-refractivity contribution in [3.05, 3.63) is 59.8 Å². The second-order valence-corrected chi connectivity index (χ2v) is 7.66. The topological polar surface area (TPSA) is 62.7 Å². The molecule has 0 unspecified atom stereocenters. The average Bonchev–Trinajstić information content (AvgIpc) is 2.68. The second-order valence-electron chi connectivity index (χ2n) is 7.66. The SMILES string of the molecule is Cc1cc(C)cc(Nc2cc(-c3ccccn3)nc(NC3CCCCC3)n2)c1. The zero-order valence-electron chi connectivity index (χ0n) is 16.6. The first kappa shape index (κ1) is 18.4. The summed E-state index contributed by atoms with van der Waals surface area (Å²) in [6.07, 6.45) is 8.01. The predicted molar refractivity (Wildman–Crippen MR) is 115 cm³/mol. The van der Waals surface area contributed by atoms with Crippen LogP contribution in [-0.4, -0.2) is 21.0 Å². The van der Waals surface area contributed by atoms with Crippen molar-refractivity contribution < 1.29 is 0 Å². The van der Waals surface area contributed by atoms with Crippen molar-refractivity contribution in [3.8, 4) is 11.4 Å². The maximum absolute atomic E-state index is 4.75. The minimum atomic E-state index is 0.446. The first-order valence-corrected chi connectivity index (χ1v) is 10.1. The molecule has 1 aliphatic rings. The van der Waals surface area contributed by atoms with Crippen LogP contribution in [0.1, 0.15) is 43.2 Å². The molecular formula is C23H27N5. The van der Waals surface area contributed by atoms with Crippen LogP contribution in [0.25, 0.3) is 11.4 Å². The van der Waals surface area contributed by atoms with Gasteiger partial charge in [-0.25, -0.2) is 4.98 Å². The van der Waals surface area contributed by atoms with E-state index in [4.69, 9.17) is 9.97 Å². The first-order chi connectivity index (χ1) is 13.7. The van der Waals surface area contributed by atoms with E-state index < -0.39 is 0 Å². The highest BCUT2D eigenvalue weighted by molar-refractivity contribution is 5.66.